The number of thiophene rings is 1. The summed E-state index contributed by atoms with van der Waals surface area (Å²) in [6.07, 6.45) is 3.68. The number of rotatable bonds is 9. The van der Waals surface area contributed by atoms with Gasteiger partial charge in [-0.2, -0.15) is 5.10 Å². The number of aromatic nitrogens is 2. The smallest absolute Gasteiger partial charge is 0.263 e. The second-order valence-corrected chi connectivity index (χ2v) is 10.5. The van der Waals surface area contributed by atoms with Crippen LogP contribution < -0.4 is 10.1 Å². The van der Waals surface area contributed by atoms with Crippen molar-refractivity contribution in [1.82, 2.24) is 15.1 Å². The average Bonchev–Trinajstić information content (AvgIpc) is 3.50. The highest BCUT2D eigenvalue weighted by Gasteiger charge is 2.20. The SMILES string of the molecule is CCCCOc1ccc(-c2nn(-c3ccccc3)cc2CNC(=O)c2sc3cc(C)ccc3c2Cl)cc1F. The summed E-state index contributed by atoms with van der Waals surface area (Å²) in [5.41, 5.74) is 3.88. The fourth-order valence-electron chi connectivity index (χ4n) is 4.16. The number of amides is 1. The average molecular weight is 548 g/mol. The lowest BCUT2D eigenvalue weighted by molar-refractivity contribution is 0.0955. The Morgan fingerprint density at radius 1 is 1.13 bits per heavy atom. The zero-order valence-corrected chi connectivity index (χ0v) is 22.7. The largest absolute Gasteiger partial charge is 0.491 e. The Kier molecular flexibility index (Phi) is 7.77. The van der Waals surface area contributed by atoms with Gasteiger partial charge in [-0.25, -0.2) is 9.07 Å². The number of benzene rings is 3. The van der Waals surface area contributed by atoms with Crippen molar-refractivity contribution in [2.75, 3.05) is 6.61 Å². The molecule has 0 saturated heterocycles. The molecule has 0 spiro atoms. The van der Waals surface area contributed by atoms with Crippen LogP contribution in [0.25, 0.3) is 27.0 Å². The number of aryl methyl sites for hydroxylation is 1. The van der Waals surface area contributed by atoms with Gasteiger partial charge in [0, 0.05) is 34.0 Å². The van der Waals surface area contributed by atoms with Crippen LogP contribution in [-0.2, 0) is 6.54 Å². The minimum absolute atomic E-state index is 0.195. The summed E-state index contributed by atoms with van der Waals surface area (Å²) in [4.78, 5) is 13.6. The molecule has 0 bridgehead atoms. The normalized spacial score (nSPS) is 11.2. The number of unbranched alkanes of at least 4 members (excludes halogenated alkanes) is 1. The molecule has 0 aliphatic carbocycles. The molecule has 0 aliphatic heterocycles. The van der Waals surface area contributed by atoms with Crippen LogP contribution in [0.2, 0.25) is 5.02 Å². The number of hydrogen-bond acceptors (Lipinski definition) is 4. The maximum Gasteiger partial charge on any atom is 0.263 e. The first-order valence-electron chi connectivity index (χ1n) is 12.5. The van der Waals surface area contributed by atoms with Crippen LogP contribution >= 0.6 is 22.9 Å². The molecular weight excluding hydrogens is 521 g/mol. The lowest BCUT2D eigenvalue weighted by Gasteiger charge is -2.09. The third kappa shape index (κ3) is 5.44. The Labute approximate surface area is 229 Å². The van der Waals surface area contributed by atoms with Crippen molar-refractivity contribution in [3.05, 3.63) is 99.8 Å². The number of halogens is 2. The maximum atomic E-state index is 14.9. The molecule has 0 saturated carbocycles. The first-order chi connectivity index (χ1) is 18.4. The highest BCUT2D eigenvalue weighted by molar-refractivity contribution is 7.21. The molecule has 8 heteroatoms. The van der Waals surface area contributed by atoms with E-state index in [0.29, 0.717) is 27.8 Å². The van der Waals surface area contributed by atoms with Crippen LogP contribution in [0.3, 0.4) is 0 Å². The Balaban J connectivity index is 1.44. The van der Waals surface area contributed by atoms with Crippen LogP contribution in [0.1, 0.15) is 40.6 Å². The molecule has 0 atom stereocenters. The van der Waals surface area contributed by atoms with Crippen LogP contribution in [0, 0.1) is 12.7 Å². The number of fused-ring (bicyclic) bond motifs is 1. The zero-order chi connectivity index (χ0) is 26.6. The van der Waals surface area contributed by atoms with Crippen molar-refractivity contribution in [3.8, 4) is 22.7 Å². The van der Waals surface area contributed by atoms with Gasteiger partial charge >= 0.3 is 0 Å². The van der Waals surface area contributed by atoms with Gasteiger partial charge in [-0.05, 0) is 55.3 Å². The van der Waals surface area contributed by atoms with Crippen LogP contribution in [0.4, 0.5) is 4.39 Å². The van der Waals surface area contributed by atoms with Crippen molar-refractivity contribution in [3.63, 3.8) is 0 Å². The number of para-hydroxylation sites is 1. The quantitative estimate of drug-likeness (QED) is 0.190. The van der Waals surface area contributed by atoms with E-state index in [0.717, 1.165) is 39.7 Å². The molecular formula is C30H27ClFN3O2S. The summed E-state index contributed by atoms with van der Waals surface area (Å²) in [5.74, 6) is -0.498. The lowest BCUT2D eigenvalue weighted by Crippen LogP contribution is -2.22. The fourth-order valence-corrected chi connectivity index (χ4v) is 5.69. The monoisotopic (exact) mass is 547 g/mol. The van der Waals surface area contributed by atoms with Gasteiger partial charge in [0.1, 0.15) is 4.88 Å². The van der Waals surface area contributed by atoms with Crippen molar-refractivity contribution in [2.24, 2.45) is 0 Å². The summed E-state index contributed by atoms with van der Waals surface area (Å²) in [6.45, 7) is 4.72. The summed E-state index contributed by atoms with van der Waals surface area (Å²) < 4.78 is 23.2. The molecule has 38 heavy (non-hydrogen) atoms. The van der Waals surface area contributed by atoms with E-state index >= 15 is 0 Å². The fraction of sp³-hybridized carbons (Fsp3) is 0.200. The van der Waals surface area contributed by atoms with E-state index in [1.807, 2.05) is 61.7 Å². The highest BCUT2D eigenvalue weighted by Crippen LogP contribution is 2.36. The van der Waals surface area contributed by atoms with Gasteiger partial charge in [-0.1, -0.05) is 55.3 Å². The van der Waals surface area contributed by atoms with Gasteiger partial charge in [-0.15, -0.1) is 11.3 Å². The molecule has 1 N–H and O–H groups in total. The van der Waals surface area contributed by atoms with Gasteiger partial charge in [0.2, 0.25) is 0 Å². The minimum atomic E-state index is -0.449. The Morgan fingerprint density at radius 3 is 2.71 bits per heavy atom. The number of nitrogens with one attached hydrogen (secondary N) is 1. The molecule has 5 nitrogen and oxygen atoms in total. The second-order valence-electron chi connectivity index (χ2n) is 9.06. The van der Waals surface area contributed by atoms with E-state index in [9.17, 15) is 9.18 Å². The standard InChI is InChI=1S/C30H27ClFN3O2S/c1-3-4-14-37-25-13-11-20(16-24(25)32)28-21(18-35(34-28)22-8-6-5-7-9-22)17-33-30(36)29-27(31)23-12-10-19(2)15-26(23)38-29/h5-13,15-16,18H,3-4,14,17H2,1-2H3,(H,33,36). The number of carbonyl (C=O) groups is 1. The zero-order valence-electron chi connectivity index (χ0n) is 21.1. The molecule has 0 radical (unpaired) electrons. The third-order valence-electron chi connectivity index (χ3n) is 6.20. The second kappa shape index (κ2) is 11.4. The Hall–Kier alpha value is -3.68. The van der Waals surface area contributed by atoms with E-state index in [4.69, 9.17) is 21.4 Å². The number of carbonyl (C=O) groups excluding carboxylic acids is 1. The molecule has 1 amide bonds. The van der Waals surface area contributed by atoms with Crippen LogP contribution in [0.15, 0.2) is 72.9 Å². The molecule has 2 heterocycles. The predicted octanol–water partition coefficient (Wildman–Crippen LogP) is 7.96. The molecule has 0 unspecified atom stereocenters. The van der Waals surface area contributed by atoms with Gasteiger partial charge in [-0.3, -0.25) is 4.79 Å². The molecule has 194 valence electrons. The predicted molar refractivity (Wildman–Crippen MR) is 152 cm³/mol. The topological polar surface area (TPSA) is 56.1 Å². The van der Waals surface area contributed by atoms with Crippen LogP contribution in [0.5, 0.6) is 5.75 Å². The first-order valence-corrected chi connectivity index (χ1v) is 13.7. The number of ether oxygens (including phenoxy) is 1. The summed E-state index contributed by atoms with van der Waals surface area (Å²) >= 11 is 7.92. The summed E-state index contributed by atoms with van der Waals surface area (Å²) in [5, 5.41) is 9.04. The molecule has 5 aromatic rings. The van der Waals surface area contributed by atoms with Crippen molar-refractivity contribution >= 4 is 38.9 Å². The summed E-state index contributed by atoms with van der Waals surface area (Å²) in [6, 6.07) is 20.4. The number of nitrogens with zero attached hydrogens (tertiary/aromatic N) is 2. The summed E-state index contributed by atoms with van der Waals surface area (Å²) in [7, 11) is 0. The molecule has 3 aromatic carbocycles. The van der Waals surface area contributed by atoms with Crippen LogP contribution in [-0.4, -0.2) is 22.3 Å². The molecule has 0 fully saturated rings. The maximum absolute atomic E-state index is 14.9. The van der Waals surface area contributed by atoms with E-state index < -0.39 is 5.82 Å². The third-order valence-corrected chi connectivity index (χ3v) is 7.86. The van der Waals surface area contributed by atoms with Gasteiger partial charge in [0.05, 0.1) is 23.0 Å². The van der Waals surface area contributed by atoms with Crippen molar-refractivity contribution in [2.45, 2.75) is 33.2 Å². The Morgan fingerprint density at radius 2 is 1.95 bits per heavy atom. The minimum Gasteiger partial charge on any atom is -0.491 e. The molecule has 5 rings (SSSR count). The van der Waals surface area contributed by atoms with Gasteiger partial charge in [0.15, 0.2) is 11.6 Å². The lowest BCUT2D eigenvalue weighted by atomic mass is 10.1. The van der Waals surface area contributed by atoms with Gasteiger partial charge in [0.25, 0.3) is 5.91 Å². The first kappa shape index (κ1) is 25.9. The van der Waals surface area contributed by atoms with Gasteiger partial charge < -0.3 is 10.1 Å². The van der Waals surface area contributed by atoms with Crippen molar-refractivity contribution in [1.29, 1.82) is 0 Å². The van der Waals surface area contributed by atoms with E-state index in [2.05, 4.69) is 12.2 Å². The highest BCUT2D eigenvalue weighted by atomic mass is 35.5. The Bertz CT molecular complexity index is 1600. The van der Waals surface area contributed by atoms with Crippen molar-refractivity contribution < 1.29 is 13.9 Å². The van der Waals surface area contributed by atoms with E-state index in [1.165, 1.54) is 17.4 Å². The number of hydrogen-bond donors (Lipinski definition) is 1. The van der Waals surface area contributed by atoms with E-state index in [1.54, 1.807) is 16.8 Å². The molecule has 0 aliphatic rings. The molecule has 2 aromatic heterocycles. The van der Waals surface area contributed by atoms with E-state index in [-0.39, 0.29) is 18.2 Å².